The van der Waals surface area contributed by atoms with Gasteiger partial charge in [0.2, 0.25) is 0 Å². The zero-order valence-electron chi connectivity index (χ0n) is 24.6. The molecule has 0 aliphatic carbocycles. The van der Waals surface area contributed by atoms with Crippen LogP contribution in [-0.4, -0.2) is 14.1 Å². The zero-order chi connectivity index (χ0) is 30.8. The highest BCUT2D eigenvalue weighted by molar-refractivity contribution is 6.16. The van der Waals surface area contributed by atoms with E-state index in [1.807, 2.05) is 48.5 Å². The number of halogens is 1. The van der Waals surface area contributed by atoms with Crippen molar-refractivity contribution in [2.45, 2.75) is 0 Å². The lowest BCUT2D eigenvalue weighted by molar-refractivity contribution is 0.630. The summed E-state index contributed by atoms with van der Waals surface area (Å²) in [4.78, 5) is 3.66. The summed E-state index contributed by atoms with van der Waals surface area (Å²) in [6.07, 6.45) is 4.14. The molecule has 0 atom stereocenters. The summed E-state index contributed by atoms with van der Waals surface area (Å²) < 4.78 is 19.7. The van der Waals surface area contributed by atoms with E-state index in [1.54, 1.807) is 12.1 Å². The molecule has 216 valence electrons. The number of benzene rings is 6. The number of nitriles is 1. The molecule has 0 fully saturated rings. The molecule has 0 saturated carbocycles. The first-order valence-corrected chi connectivity index (χ1v) is 15.2. The van der Waals surface area contributed by atoms with Crippen LogP contribution < -0.4 is 0 Å². The molecule has 0 radical (unpaired) electrons. The second-order valence-corrected chi connectivity index (χ2v) is 11.6. The van der Waals surface area contributed by atoms with Gasteiger partial charge in [-0.2, -0.15) is 5.26 Å². The van der Waals surface area contributed by atoms with E-state index >= 15 is 4.39 Å². The molecular formula is C41H25FN4. The Morgan fingerprint density at radius 3 is 1.61 bits per heavy atom. The summed E-state index contributed by atoms with van der Waals surface area (Å²) in [6.45, 7) is 0. The maximum atomic E-state index is 15.4. The van der Waals surface area contributed by atoms with Crippen LogP contribution in [0.25, 0.3) is 77.2 Å². The Bertz CT molecular complexity index is 2650. The Morgan fingerprint density at radius 1 is 0.543 bits per heavy atom. The van der Waals surface area contributed by atoms with Crippen LogP contribution in [0.4, 0.5) is 4.39 Å². The topological polar surface area (TPSA) is 49.4 Å². The standard InChI is InChI=1S/C41H25FN4/c42-31-23-35(28-12-14-39-30(22-28)16-18-46(39)33-9-5-2-6-10-33)41-37(24-31)36-20-26(25-43)19-34(40(36)44-41)27-11-13-38-29(21-27)15-17-45(38)32-7-3-1-4-8-32/h1-24,44H. The number of fused-ring (bicyclic) bond motifs is 5. The fourth-order valence-electron chi connectivity index (χ4n) is 6.84. The van der Waals surface area contributed by atoms with Gasteiger partial charge >= 0.3 is 0 Å². The molecule has 3 heterocycles. The summed E-state index contributed by atoms with van der Waals surface area (Å²) in [5.41, 5.74) is 10.2. The quantitative estimate of drug-likeness (QED) is 0.217. The molecule has 1 N–H and O–H groups in total. The normalized spacial score (nSPS) is 11.6. The van der Waals surface area contributed by atoms with Gasteiger partial charge in [0.25, 0.3) is 0 Å². The Labute approximate surface area is 263 Å². The maximum absolute atomic E-state index is 15.4. The maximum Gasteiger partial charge on any atom is 0.124 e. The van der Waals surface area contributed by atoms with Crippen molar-refractivity contribution < 1.29 is 4.39 Å². The average molecular weight is 593 g/mol. The molecular weight excluding hydrogens is 567 g/mol. The van der Waals surface area contributed by atoms with Crippen LogP contribution in [0.2, 0.25) is 0 Å². The van der Waals surface area contributed by atoms with E-state index in [0.717, 1.165) is 77.2 Å². The van der Waals surface area contributed by atoms with Gasteiger partial charge in [0.05, 0.1) is 33.7 Å². The third-order valence-electron chi connectivity index (χ3n) is 8.98. The van der Waals surface area contributed by atoms with Crippen LogP contribution in [0.1, 0.15) is 5.56 Å². The van der Waals surface area contributed by atoms with Crippen LogP contribution in [0.5, 0.6) is 0 Å². The van der Waals surface area contributed by atoms with E-state index in [2.05, 4.69) is 105 Å². The van der Waals surface area contributed by atoms with Gasteiger partial charge in [-0.15, -0.1) is 0 Å². The van der Waals surface area contributed by atoms with Crippen molar-refractivity contribution in [3.8, 4) is 39.7 Å². The van der Waals surface area contributed by atoms with Crippen molar-refractivity contribution in [1.29, 1.82) is 5.26 Å². The lowest BCUT2D eigenvalue weighted by Crippen LogP contribution is -1.91. The van der Waals surface area contributed by atoms with Crippen molar-refractivity contribution in [2.75, 3.05) is 0 Å². The van der Waals surface area contributed by atoms with Gasteiger partial charge in [0.1, 0.15) is 5.82 Å². The SMILES string of the molecule is N#Cc1cc(-c2ccc3c(ccn3-c3ccccc3)c2)c2[nH]c3c(-c4ccc5c(ccn5-c5ccccc5)c4)cc(F)cc3c2c1. The Morgan fingerprint density at radius 2 is 1.07 bits per heavy atom. The van der Waals surface area contributed by atoms with Crippen LogP contribution in [0.3, 0.4) is 0 Å². The first-order chi connectivity index (χ1) is 22.6. The predicted octanol–water partition coefficient (Wildman–Crippen LogP) is 10.6. The molecule has 3 aromatic heterocycles. The highest BCUT2D eigenvalue weighted by Crippen LogP contribution is 2.40. The number of aromatic amines is 1. The van der Waals surface area contributed by atoms with Gasteiger partial charge < -0.3 is 14.1 Å². The van der Waals surface area contributed by atoms with Crippen molar-refractivity contribution in [1.82, 2.24) is 14.1 Å². The Hall–Kier alpha value is -6.38. The van der Waals surface area contributed by atoms with Gasteiger partial charge in [0.15, 0.2) is 0 Å². The number of H-pyrrole nitrogens is 1. The predicted molar refractivity (Wildman–Crippen MR) is 185 cm³/mol. The van der Waals surface area contributed by atoms with E-state index in [1.165, 1.54) is 0 Å². The molecule has 0 unspecified atom stereocenters. The second kappa shape index (κ2) is 10.1. The number of hydrogen-bond acceptors (Lipinski definition) is 1. The molecule has 6 aromatic carbocycles. The van der Waals surface area contributed by atoms with Gasteiger partial charge in [-0.25, -0.2) is 4.39 Å². The highest BCUT2D eigenvalue weighted by atomic mass is 19.1. The highest BCUT2D eigenvalue weighted by Gasteiger charge is 2.18. The molecule has 0 spiro atoms. The zero-order valence-corrected chi connectivity index (χ0v) is 24.6. The van der Waals surface area contributed by atoms with Gasteiger partial charge in [0, 0.05) is 56.4 Å². The van der Waals surface area contributed by atoms with Gasteiger partial charge in [-0.1, -0.05) is 48.5 Å². The summed E-state index contributed by atoms with van der Waals surface area (Å²) in [7, 11) is 0. The van der Waals surface area contributed by atoms with E-state index in [4.69, 9.17) is 0 Å². The Kier molecular flexibility index (Phi) is 5.71. The number of rotatable bonds is 4. The van der Waals surface area contributed by atoms with Crippen molar-refractivity contribution in [2.24, 2.45) is 0 Å². The molecule has 46 heavy (non-hydrogen) atoms. The third kappa shape index (κ3) is 4.05. The molecule has 0 aliphatic heterocycles. The average Bonchev–Trinajstić information content (AvgIpc) is 3.83. The summed E-state index contributed by atoms with van der Waals surface area (Å²) in [6, 6.07) is 46.6. The number of nitrogens with one attached hydrogen (secondary N) is 1. The first-order valence-electron chi connectivity index (χ1n) is 15.2. The molecule has 0 amide bonds. The van der Waals surface area contributed by atoms with E-state index in [9.17, 15) is 5.26 Å². The van der Waals surface area contributed by atoms with Crippen LogP contribution in [0.15, 0.2) is 146 Å². The lowest BCUT2D eigenvalue weighted by Gasteiger charge is -2.08. The molecule has 9 aromatic rings. The van der Waals surface area contributed by atoms with Crippen LogP contribution in [-0.2, 0) is 0 Å². The fraction of sp³-hybridized carbons (Fsp3) is 0. The molecule has 0 bridgehead atoms. The van der Waals surface area contributed by atoms with Gasteiger partial charge in [-0.3, -0.25) is 0 Å². The summed E-state index contributed by atoms with van der Waals surface area (Å²) >= 11 is 0. The largest absolute Gasteiger partial charge is 0.353 e. The molecule has 5 heteroatoms. The van der Waals surface area contributed by atoms with Crippen molar-refractivity contribution in [3.05, 3.63) is 157 Å². The van der Waals surface area contributed by atoms with E-state index < -0.39 is 0 Å². The van der Waals surface area contributed by atoms with E-state index in [0.29, 0.717) is 5.56 Å². The van der Waals surface area contributed by atoms with Crippen LogP contribution in [0, 0.1) is 17.1 Å². The monoisotopic (exact) mass is 592 g/mol. The van der Waals surface area contributed by atoms with Crippen molar-refractivity contribution in [3.63, 3.8) is 0 Å². The molecule has 0 aliphatic rings. The minimum atomic E-state index is -0.321. The number of para-hydroxylation sites is 2. The number of nitrogens with zero attached hydrogens (tertiary/aromatic N) is 3. The lowest BCUT2D eigenvalue weighted by atomic mass is 9.97. The fourth-order valence-corrected chi connectivity index (χ4v) is 6.84. The summed E-state index contributed by atoms with van der Waals surface area (Å²) in [5.74, 6) is -0.321. The smallest absolute Gasteiger partial charge is 0.124 e. The first kappa shape index (κ1) is 26.1. The Balaban J connectivity index is 1.22. The van der Waals surface area contributed by atoms with Crippen molar-refractivity contribution >= 4 is 43.6 Å². The third-order valence-corrected chi connectivity index (χ3v) is 8.98. The van der Waals surface area contributed by atoms with E-state index in [-0.39, 0.29) is 5.82 Å². The molecule has 4 nitrogen and oxygen atoms in total. The minimum absolute atomic E-state index is 0.321. The second-order valence-electron chi connectivity index (χ2n) is 11.6. The summed E-state index contributed by atoms with van der Waals surface area (Å²) in [5, 5.41) is 13.7. The molecule has 0 saturated heterocycles. The minimum Gasteiger partial charge on any atom is -0.353 e. The molecule has 9 rings (SSSR count). The van der Waals surface area contributed by atoms with Crippen LogP contribution >= 0.6 is 0 Å². The number of aromatic nitrogens is 3. The number of hydrogen-bond donors (Lipinski definition) is 1. The van der Waals surface area contributed by atoms with Gasteiger partial charge in [-0.05, 0) is 96.1 Å².